The maximum atomic E-state index is 12.6. The Morgan fingerprint density at radius 2 is 1.79 bits per heavy atom. The average molecular weight is 376 g/mol. The van der Waals surface area contributed by atoms with Gasteiger partial charge in [-0.25, -0.2) is 9.59 Å². The zero-order valence-corrected chi connectivity index (χ0v) is 16.1. The molecular formula is C23H24N2O3. The van der Waals surface area contributed by atoms with Crippen molar-refractivity contribution >= 4 is 12.0 Å². The van der Waals surface area contributed by atoms with E-state index in [1.165, 1.54) is 0 Å². The average Bonchev–Trinajstić information content (AvgIpc) is 3.01. The van der Waals surface area contributed by atoms with Crippen molar-refractivity contribution in [2.24, 2.45) is 0 Å². The standard InChI is InChI=1S/C23H24N2O3/c1-3-5-8-19-16-24(4-2)23(28)25(19)15-17-11-13-18(14-12-17)20-9-6-7-10-21(20)22(26)27/h5-14,16H,3-4,15H2,1-2H3,(H,26,27)/b8-5+. The quantitative estimate of drug-likeness (QED) is 0.660. The molecule has 144 valence electrons. The first-order valence-corrected chi connectivity index (χ1v) is 9.43. The van der Waals surface area contributed by atoms with Gasteiger partial charge in [-0.3, -0.25) is 9.13 Å². The molecule has 0 unspecified atom stereocenters. The van der Waals surface area contributed by atoms with Gasteiger partial charge in [0.2, 0.25) is 0 Å². The fourth-order valence-corrected chi connectivity index (χ4v) is 3.20. The smallest absolute Gasteiger partial charge is 0.336 e. The zero-order valence-electron chi connectivity index (χ0n) is 16.1. The molecule has 0 aliphatic carbocycles. The second-order valence-corrected chi connectivity index (χ2v) is 6.57. The number of benzene rings is 2. The maximum Gasteiger partial charge on any atom is 0.336 e. The van der Waals surface area contributed by atoms with E-state index in [1.807, 2.05) is 55.6 Å². The predicted octanol–water partition coefficient (Wildman–Crippen LogP) is 4.51. The van der Waals surface area contributed by atoms with Crippen LogP contribution in [0.5, 0.6) is 0 Å². The Kier molecular flexibility index (Phi) is 5.94. The van der Waals surface area contributed by atoms with Crippen molar-refractivity contribution in [3.8, 4) is 11.1 Å². The minimum Gasteiger partial charge on any atom is -0.478 e. The van der Waals surface area contributed by atoms with E-state index in [0.717, 1.165) is 23.2 Å². The van der Waals surface area contributed by atoms with Crippen molar-refractivity contribution in [1.29, 1.82) is 0 Å². The van der Waals surface area contributed by atoms with Gasteiger partial charge in [0.25, 0.3) is 0 Å². The second-order valence-electron chi connectivity index (χ2n) is 6.57. The molecule has 1 heterocycles. The highest BCUT2D eigenvalue weighted by Crippen LogP contribution is 2.24. The summed E-state index contributed by atoms with van der Waals surface area (Å²) in [6, 6.07) is 14.6. The zero-order chi connectivity index (χ0) is 20.1. The van der Waals surface area contributed by atoms with Crippen LogP contribution in [-0.2, 0) is 13.1 Å². The molecule has 1 aromatic heterocycles. The number of aromatic nitrogens is 2. The van der Waals surface area contributed by atoms with Crippen LogP contribution in [0.4, 0.5) is 0 Å². The topological polar surface area (TPSA) is 64.2 Å². The van der Waals surface area contributed by atoms with Crippen LogP contribution in [-0.4, -0.2) is 20.2 Å². The Morgan fingerprint density at radius 3 is 2.43 bits per heavy atom. The van der Waals surface area contributed by atoms with E-state index in [9.17, 15) is 14.7 Å². The normalized spacial score (nSPS) is 11.2. The van der Waals surface area contributed by atoms with Crippen LogP contribution >= 0.6 is 0 Å². The van der Waals surface area contributed by atoms with Crippen molar-refractivity contribution in [3.05, 3.63) is 88.1 Å². The largest absolute Gasteiger partial charge is 0.478 e. The molecule has 0 saturated carbocycles. The molecule has 0 spiro atoms. The van der Waals surface area contributed by atoms with Gasteiger partial charge in [-0.05, 0) is 42.2 Å². The third-order valence-electron chi connectivity index (χ3n) is 4.70. The number of carbonyl (C=O) groups is 1. The number of carboxylic acid groups (broad SMARTS) is 1. The van der Waals surface area contributed by atoms with Gasteiger partial charge in [0.05, 0.1) is 17.8 Å². The summed E-state index contributed by atoms with van der Waals surface area (Å²) in [5, 5.41) is 9.39. The molecule has 0 amide bonds. The molecule has 5 heteroatoms. The minimum atomic E-state index is -0.945. The van der Waals surface area contributed by atoms with Crippen LogP contribution in [0.2, 0.25) is 0 Å². The molecule has 5 nitrogen and oxygen atoms in total. The van der Waals surface area contributed by atoms with Crippen LogP contribution in [0, 0.1) is 0 Å². The number of aryl methyl sites for hydroxylation is 1. The lowest BCUT2D eigenvalue weighted by atomic mass is 9.99. The lowest BCUT2D eigenvalue weighted by molar-refractivity contribution is 0.0697. The van der Waals surface area contributed by atoms with Gasteiger partial charge in [-0.1, -0.05) is 55.5 Å². The fraction of sp³-hybridized carbons (Fsp3) is 0.217. The van der Waals surface area contributed by atoms with E-state index < -0.39 is 5.97 Å². The number of rotatable bonds is 7. The van der Waals surface area contributed by atoms with E-state index in [1.54, 1.807) is 27.3 Å². The number of imidazole rings is 1. The van der Waals surface area contributed by atoms with Crippen molar-refractivity contribution in [3.63, 3.8) is 0 Å². The molecule has 2 aromatic carbocycles. The number of hydrogen-bond acceptors (Lipinski definition) is 2. The van der Waals surface area contributed by atoms with Crippen LogP contribution in [0.3, 0.4) is 0 Å². The van der Waals surface area contributed by atoms with Gasteiger partial charge in [0, 0.05) is 12.7 Å². The van der Waals surface area contributed by atoms with Gasteiger partial charge in [0.1, 0.15) is 0 Å². The van der Waals surface area contributed by atoms with E-state index in [2.05, 4.69) is 6.92 Å². The molecule has 0 aliphatic rings. The van der Waals surface area contributed by atoms with Gasteiger partial charge < -0.3 is 5.11 Å². The summed E-state index contributed by atoms with van der Waals surface area (Å²) in [4.78, 5) is 24.1. The van der Waals surface area contributed by atoms with E-state index in [0.29, 0.717) is 18.7 Å². The van der Waals surface area contributed by atoms with Gasteiger partial charge in [-0.2, -0.15) is 0 Å². The summed E-state index contributed by atoms with van der Waals surface area (Å²) in [5.41, 5.74) is 3.64. The van der Waals surface area contributed by atoms with Gasteiger partial charge >= 0.3 is 11.7 Å². The highest BCUT2D eigenvalue weighted by atomic mass is 16.4. The molecule has 1 N–H and O–H groups in total. The predicted molar refractivity (Wildman–Crippen MR) is 112 cm³/mol. The number of aromatic carboxylic acids is 1. The van der Waals surface area contributed by atoms with Gasteiger partial charge in [-0.15, -0.1) is 0 Å². The van der Waals surface area contributed by atoms with Crippen LogP contribution in [0.1, 0.15) is 41.9 Å². The fourth-order valence-electron chi connectivity index (χ4n) is 3.20. The SMILES string of the molecule is CC/C=C/c1cn(CC)c(=O)n1Cc1ccc(-c2ccccc2C(=O)O)cc1. The van der Waals surface area contributed by atoms with Crippen molar-refractivity contribution in [1.82, 2.24) is 9.13 Å². The number of hydrogen-bond donors (Lipinski definition) is 1. The monoisotopic (exact) mass is 376 g/mol. The summed E-state index contributed by atoms with van der Waals surface area (Å²) in [7, 11) is 0. The first-order valence-electron chi connectivity index (χ1n) is 9.43. The summed E-state index contributed by atoms with van der Waals surface area (Å²) < 4.78 is 3.46. The second kappa shape index (κ2) is 8.57. The highest BCUT2D eigenvalue weighted by molar-refractivity contribution is 5.95. The molecule has 0 saturated heterocycles. The van der Waals surface area contributed by atoms with E-state index in [-0.39, 0.29) is 11.3 Å². The third kappa shape index (κ3) is 3.98. The first kappa shape index (κ1) is 19.4. The number of nitrogens with zero attached hydrogens (tertiary/aromatic N) is 2. The van der Waals surface area contributed by atoms with Gasteiger partial charge in [0.15, 0.2) is 0 Å². The van der Waals surface area contributed by atoms with Crippen molar-refractivity contribution < 1.29 is 9.90 Å². The lowest BCUT2D eigenvalue weighted by Crippen LogP contribution is -2.24. The minimum absolute atomic E-state index is 0.0291. The first-order chi connectivity index (χ1) is 13.5. The number of carboxylic acids is 1. The molecule has 0 fully saturated rings. The molecule has 0 bridgehead atoms. The Morgan fingerprint density at radius 1 is 1.07 bits per heavy atom. The van der Waals surface area contributed by atoms with Crippen LogP contribution in [0.25, 0.3) is 17.2 Å². The number of allylic oxidation sites excluding steroid dienone is 1. The molecular weight excluding hydrogens is 352 g/mol. The molecule has 3 aromatic rings. The van der Waals surface area contributed by atoms with E-state index in [4.69, 9.17) is 0 Å². The maximum absolute atomic E-state index is 12.6. The third-order valence-corrected chi connectivity index (χ3v) is 4.70. The van der Waals surface area contributed by atoms with E-state index >= 15 is 0 Å². The Bertz CT molecular complexity index is 1060. The Labute approximate surface area is 164 Å². The van der Waals surface area contributed by atoms with Crippen LogP contribution in [0.15, 0.2) is 65.6 Å². The summed E-state index contributed by atoms with van der Waals surface area (Å²) >= 11 is 0. The van der Waals surface area contributed by atoms with Crippen LogP contribution < -0.4 is 5.69 Å². The highest BCUT2D eigenvalue weighted by Gasteiger charge is 2.12. The molecule has 0 radical (unpaired) electrons. The Hall–Kier alpha value is -3.34. The van der Waals surface area contributed by atoms with Crippen molar-refractivity contribution in [2.75, 3.05) is 0 Å². The summed E-state index contributed by atoms with van der Waals surface area (Å²) in [5.74, 6) is -0.945. The summed E-state index contributed by atoms with van der Waals surface area (Å²) in [6.07, 6.45) is 6.80. The summed E-state index contributed by atoms with van der Waals surface area (Å²) in [6.45, 7) is 5.11. The molecule has 28 heavy (non-hydrogen) atoms. The molecule has 3 rings (SSSR count). The molecule has 0 aliphatic heterocycles. The molecule has 0 atom stereocenters. The Balaban J connectivity index is 1.92. The lowest BCUT2D eigenvalue weighted by Gasteiger charge is -2.09. The van der Waals surface area contributed by atoms with Crippen molar-refractivity contribution in [2.45, 2.75) is 33.4 Å².